The minimum absolute atomic E-state index is 0.109. The summed E-state index contributed by atoms with van der Waals surface area (Å²) in [5, 5.41) is 12.8. The molecule has 0 saturated carbocycles. The highest BCUT2D eigenvalue weighted by Crippen LogP contribution is 2.43. The molecule has 2 rings (SSSR count). The standard InChI is InChI=1S/C15H20N2OS/c1-9(18)17-14-12(8-16)11-6-5-10(15(2,3)4)7-13(11)19-14/h10H,5-7H2,1-4H3,(H,17,18)/t10-/m1/s1. The van der Waals surface area contributed by atoms with Crippen LogP contribution in [0.3, 0.4) is 0 Å². The average molecular weight is 276 g/mol. The molecule has 0 unspecified atom stereocenters. The van der Waals surface area contributed by atoms with Crippen LogP contribution in [0.15, 0.2) is 0 Å². The second-order valence-corrected chi connectivity index (χ2v) is 7.41. The molecule has 1 atom stereocenters. The number of anilines is 1. The van der Waals surface area contributed by atoms with Crippen molar-refractivity contribution in [1.82, 2.24) is 0 Å². The number of thiophene rings is 1. The van der Waals surface area contributed by atoms with Crippen LogP contribution in [0.1, 0.15) is 50.1 Å². The summed E-state index contributed by atoms with van der Waals surface area (Å²) in [4.78, 5) is 12.5. The molecule has 1 aliphatic rings. The van der Waals surface area contributed by atoms with E-state index < -0.39 is 0 Å². The maximum atomic E-state index is 11.2. The first-order chi connectivity index (χ1) is 8.82. The first-order valence-corrected chi connectivity index (χ1v) is 7.46. The Morgan fingerprint density at radius 2 is 2.16 bits per heavy atom. The van der Waals surface area contributed by atoms with Gasteiger partial charge in [-0.25, -0.2) is 0 Å². The molecule has 0 spiro atoms. The van der Waals surface area contributed by atoms with E-state index in [-0.39, 0.29) is 5.91 Å². The molecule has 19 heavy (non-hydrogen) atoms. The fourth-order valence-electron chi connectivity index (χ4n) is 2.69. The highest BCUT2D eigenvalue weighted by atomic mass is 32.1. The Labute approximate surface area is 118 Å². The largest absolute Gasteiger partial charge is 0.317 e. The monoisotopic (exact) mass is 276 g/mol. The third kappa shape index (κ3) is 2.82. The number of hydrogen-bond donors (Lipinski definition) is 1. The van der Waals surface area contributed by atoms with Gasteiger partial charge in [0.05, 0.1) is 5.56 Å². The summed E-state index contributed by atoms with van der Waals surface area (Å²) in [5.74, 6) is 0.540. The predicted molar refractivity (Wildman–Crippen MR) is 78.3 cm³/mol. The Kier molecular flexibility index (Phi) is 3.69. The highest BCUT2D eigenvalue weighted by Gasteiger charge is 2.32. The van der Waals surface area contributed by atoms with E-state index in [1.165, 1.54) is 11.8 Å². The number of rotatable bonds is 1. The molecule has 4 heteroatoms. The molecule has 0 fully saturated rings. The molecule has 0 radical (unpaired) electrons. The Morgan fingerprint density at radius 1 is 1.47 bits per heavy atom. The third-order valence-corrected chi connectivity index (χ3v) is 5.06. The summed E-state index contributed by atoms with van der Waals surface area (Å²) in [6.45, 7) is 8.31. The topological polar surface area (TPSA) is 52.9 Å². The normalized spacial score (nSPS) is 18.6. The van der Waals surface area contributed by atoms with Crippen LogP contribution in [0.4, 0.5) is 5.00 Å². The Morgan fingerprint density at radius 3 is 2.68 bits per heavy atom. The van der Waals surface area contributed by atoms with Crippen LogP contribution in [0.5, 0.6) is 0 Å². The molecule has 0 aromatic carbocycles. The van der Waals surface area contributed by atoms with Crippen LogP contribution in [0.2, 0.25) is 0 Å². The molecular weight excluding hydrogens is 256 g/mol. The molecule has 102 valence electrons. The lowest BCUT2D eigenvalue weighted by Gasteiger charge is -2.33. The van der Waals surface area contributed by atoms with Crippen molar-refractivity contribution in [3.05, 3.63) is 16.0 Å². The van der Waals surface area contributed by atoms with Crippen molar-refractivity contribution in [1.29, 1.82) is 5.26 Å². The zero-order valence-corrected chi connectivity index (χ0v) is 12.8. The number of carbonyl (C=O) groups excluding carboxylic acids is 1. The van der Waals surface area contributed by atoms with Crippen molar-refractivity contribution in [3.8, 4) is 6.07 Å². The van der Waals surface area contributed by atoms with Gasteiger partial charge in [0.25, 0.3) is 0 Å². The van der Waals surface area contributed by atoms with Gasteiger partial charge in [0, 0.05) is 11.8 Å². The van der Waals surface area contributed by atoms with Crippen molar-refractivity contribution in [2.75, 3.05) is 5.32 Å². The zero-order valence-electron chi connectivity index (χ0n) is 12.0. The molecule has 0 aliphatic heterocycles. The smallest absolute Gasteiger partial charge is 0.221 e. The van der Waals surface area contributed by atoms with E-state index >= 15 is 0 Å². The van der Waals surface area contributed by atoms with Crippen LogP contribution < -0.4 is 5.32 Å². The van der Waals surface area contributed by atoms with Crippen LogP contribution in [-0.2, 0) is 17.6 Å². The molecule has 0 saturated heterocycles. The van der Waals surface area contributed by atoms with Gasteiger partial charge in [0.15, 0.2) is 0 Å². The Hall–Kier alpha value is -1.34. The third-order valence-electron chi connectivity index (χ3n) is 3.89. The zero-order chi connectivity index (χ0) is 14.2. The van der Waals surface area contributed by atoms with Gasteiger partial charge in [0.2, 0.25) is 5.91 Å². The minimum Gasteiger partial charge on any atom is -0.317 e. The summed E-state index contributed by atoms with van der Waals surface area (Å²) in [7, 11) is 0. The van der Waals surface area contributed by atoms with E-state index in [0.717, 1.165) is 29.8 Å². The van der Waals surface area contributed by atoms with E-state index in [2.05, 4.69) is 32.2 Å². The predicted octanol–water partition coefficient (Wildman–Crippen LogP) is 3.73. The van der Waals surface area contributed by atoms with Crippen molar-refractivity contribution < 1.29 is 4.79 Å². The van der Waals surface area contributed by atoms with Crippen LogP contribution >= 0.6 is 11.3 Å². The van der Waals surface area contributed by atoms with E-state index in [0.29, 0.717) is 16.9 Å². The molecule has 1 amide bonds. The summed E-state index contributed by atoms with van der Waals surface area (Å²) in [5.41, 5.74) is 2.14. The first-order valence-electron chi connectivity index (χ1n) is 6.65. The lowest BCUT2D eigenvalue weighted by atomic mass is 9.72. The van der Waals surface area contributed by atoms with Crippen molar-refractivity contribution >= 4 is 22.2 Å². The number of nitriles is 1. The van der Waals surface area contributed by atoms with Gasteiger partial charge in [-0.15, -0.1) is 11.3 Å². The maximum absolute atomic E-state index is 11.2. The second kappa shape index (κ2) is 4.97. The van der Waals surface area contributed by atoms with Crippen LogP contribution in [-0.4, -0.2) is 5.91 Å². The summed E-state index contributed by atoms with van der Waals surface area (Å²) in [6.07, 6.45) is 3.11. The number of nitrogens with one attached hydrogen (secondary N) is 1. The first kappa shape index (κ1) is 14.1. The lowest BCUT2D eigenvalue weighted by Crippen LogP contribution is -2.26. The molecule has 1 N–H and O–H groups in total. The fourth-order valence-corrected chi connectivity index (χ4v) is 4.02. The lowest BCUT2D eigenvalue weighted by molar-refractivity contribution is -0.114. The summed E-state index contributed by atoms with van der Waals surface area (Å²) < 4.78 is 0. The summed E-state index contributed by atoms with van der Waals surface area (Å²) >= 11 is 1.58. The van der Waals surface area contributed by atoms with Gasteiger partial charge in [-0.1, -0.05) is 20.8 Å². The van der Waals surface area contributed by atoms with E-state index in [9.17, 15) is 10.1 Å². The van der Waals surface area contributed by atoms with E-state index in [1.807, 2.05) is 0 Å². The molecule has 1 aliphatic carbocycles. The Balaban J connectivity index is 2.34. The van der Waals surface area contributed by atoms with Crippen molar-refractivity contribution in [2.24, 2.45) is 11.3 Å². The number of nitrogens with zero attached hydrogens (tertiary/aromatic N) is 1. The average Bonchev–Trinajstić information content (AvgIpc) is 2.62. The quantitative estimate of drug-likeness (QED) is 0.849. The van der Waals surface area contributed by atoms with Crippen LogP contribution in [0, 0.1) is 22.7 Å². The molecule has 0 bridgehead atoms. The number of amides is 1. The molecule has 1 aromatic rings. The van der Waals surface area contributed by atoms with E-state index in [4.69, 9.17) is 0 Å². The van der Waals surface area contributed by atoms with Gasteiger partial charge < -0.3 is 5.32 Å². The molecule has 1 heterocycles. The van der Waals surface area contributed by atoms with Gasteiger partial charge in [-0.3, -0.25) is 4.79 Å². The minimum atomic E-state index is -0.109. The van der Waals surface area contributed by atoms with Gasteiger partial charge >= 0.3 is 0 Å². The van der Waals surface area contributed by atoms with Gasteiger partial charge in [-0.2, -0.15) is 5.26 Å². The molecule has 1 aromatic heterocycles. The van der Waals surface area contributed by atoms with Gasteiger partial charge in [-0.05, 0) is 36.2 Å². The van der Waals surface area contributed by atoms with Crippen molar-refractivity contribution in [2.45, 2.75) is 47.0 Å². The highest BCUT2D eigenvalue weighted by molar-refractivity contribution is 7.16. The second-order valence-electron chi connectivity index (χ2n) is 6.31. The number of carbonyl (C=O) groups is 1. The maximum Gasteiger partial charge on any atom is 0.221 e. The van der Waals surface area contributed by atoms with E-state index in [1.54, 1.807) is 11.3 Å². The van der Waals surface area contributed by atoms with Crippen molar-refractivity contribution in [3.63, 3.8) is 0 Å². The van der Waals surface area contributed by atoms with Crippen LogP contribution in [0.25, 0.3) is 0 Å². The SMILES string of the molecule is CC(=O)Nc1sc2c(c1C#N)CC[C@@H](C(C)(C)C)C2. The number of fused-ring (bicyclic) bond motifs is 1. The Bertz CT molecular complexity index is 546. The molecule has 3 nitrogen and oxygen atoms in total. The van der Waals surface area contributed by atoms with Gasteiger partial charge in [0.1, 0.15) is 11.1 Å². The summed E-state index contributed by atoms with van der Waals surface area (Å²) in [6, 6.07) is 2.26. The number of hydrogen-bond acceptors (Lipinski definition) is 3. The molecular formula is C15H20N2OS. The fraction of sp³-hybridized carbons (Fsp3) is 0.600.